The van der Waals surface area contributed by atoms with E-state index < -0.39 is 0 Å². The molecule has 0 aliphatic heterocycles. The summed E-state index contributed by atoms with van der Waals surface area (Å²) in [6.45, 7) is 2.03. The molecule has 2 aromatic carbocycles. The van der Waals surface area contributed by atoms with E-state index in [1.807, 2.05) is 42.5 Å². The fourth-order valence-electron chi connectivity index (χ4n) is 2.14. The van der Waals surface area contributed by atoms with Crippen molar-refractivity contribution in [2.24, 2.45) is 5.10 Å². The van der Waals surface area contributed by atoms with Crippen LogP contribution in [-0.2, 0) is 4.79 Å². The normalized spacial score (nSPS) is 11.2. The van der Waals surface area contributed by atoms with Crippen molar-refractivity contribution < 1.29 is 9.53 Å². The highest BCUT2D eigenvalue weighted by Gasteiger charge is 2.07. The van der Waals surface area contributed by atoms with Gasteiger partial charge in [-0.1, -0.05) is 59.6 Å². The third-order valence-corrected chi connectivity index (χ3v) is 4.56. The number of hydrogen-bond donors (Lipinski definition) is 1. The maximum Gasteiger partial charge on any atom is 0.277 e. The van der Waals surface area contributed by atoms with Gasteiger partial charge < -0.3 is 4.74 Å². The highest BCUT2D eigenvalue weighted by molar-refractivity contribution is 9.11. The lowest BCUT2D eigenvalue weighted by molar-refractivity contribution is -0.123. The number of nitrogens with zero attached hydrogens (tertiary/aromatic N) is 1. The number of nitrogens with one attached hydrogen (secondary N) is 1. The van der Waals surface area contributed by atoms with Crippen LogP contribution in [0.25, 0.3) is 0 Å². The summed E-state index contributed by atoms with van der Waals surface area (Å²) in [5.41, 5.74) is 4.49. The minimum absolute atomic E-state index is 0.0976. The van der Waals surface area contributed by atoms with Gasteiger partial charge in [0, 0.05) is 4.47 Å². The average molecular weight is 468 g/mol. The molecule has 0 heterocycles. The van der Waals surface area contributed by atoms with E-state index in [1.165, 1.54) is 0 Å². The summed E-state index contributed by atoms with van der Waals surface area (Å²) >= 11 is 6.78. The first-order valence-electron chi connectivity index (χ1n) is 8.09. The maximum absolute atomic E-state index is 12.0. The van der Waals surface area contributed by atoms with Crippen LogP contribution in [0.3, 0.4) is 0 Å². The second-order valence-corrected chi connectivity index (χ2v) is 7.20. The maximum atomic E-state index is 12.0. The molecule has 6 heteroatoms. The fraction of sp³-hybridized carbons (Fsp3) is 0.263. The van der Waals surface area contributed by atoms with Gasteiger partial charge in [-0.25, -0.2) is 5.43 Å². The lowest BCUT2D eigenvalue weighted by atomic mass is 10.1. The summed E-state index contributed by atoms with van der Waals surface area (Å²) < 4.78 is 7.24. The molecule has 0 atom stereocenters. The van der Waals surface area contributed by atoms with Crippen LogP contribution in [0.2, 0.25) is 0 Å². The molecule has 1 amide bonds. The Labute approximate surface area is 164 Å². The van der Waals surface area contributed by atoms with E-state index in [4.69, 9.17) is 4.74 Å². The molecule has 2 aromatic rings. The number of carbonyl (C=O) groups is 1. The molecule has 0 saturated carbocycles. The molecule has 0 aliphatic rings. The molecule has 0 unspecified atom stereocenters. The van der Waals surface area contributed by atoms with Crippen LogP contribution in [0.1, 0.15) is 31.7 Å². The fourth-order valence-corrected chi connectivity index (χ4v) is 3.30. The van der Waals surface area contributed by atoms with Gasteiger partial charge in [0.15, 0.2) is 6.61 Å². The van der Waals surface area contributed by atoms with Gasteiger partial charge in [0.1, 0.15) is 5.75 Å². The van der Waals surface area contributed by atoms with Crippen LogP contribution in [0.4, 0.5) is 0 Å². The Balaban J connectivity index is 1.96. The van der Waals surface area contributed by atoms with Crippen molar-refractivity contribution in [3.63, 3.8) is 0 Å². The van der Waals surface area contributed by atoms with Crippen molar-refractivity contribution in [2.45, 2.75) is 26.2 Å². The van der Waals surface area contributed by atoms with Gasteiger partial charge >= 0.3 is 0 Å². The first-order chi connectivity index (χ1) is 12.1. The molecule has 0 saturated heterocycles. The Morgan fingerprint density at radius 1 is 1.16 bits per heavy atom. The van der Waals surface area contributed by atoms with Crippen molar-refractivity contribution in [1.82, 2.24) is 5.43 Å². The third-order valence-electron chi connectivity index (χ3n) is 3.44. The Kier molecular flexibility index (Phi) is 8.15. The van der Waals surface area contributed by atoms with Crippen molar-refractivity contribution in [1.29, 1.82) is 0 Å². The van der Waals surface area contributed by atoms with Crippen LogP contribution in [0.15, 0.2) is 62.6 Å². The number of amides is 1. The molecule has 0 bridgehead atoms. The highest BCUT2D eigenvalue weighted by Crippen LogP contribution is 2.28. The SMILES string of the molecule is CCCC/C(=N/NC(=O)COc1ccc(Br)cc1Br)c1ccccc1. The monoisotopic (exact) mass is 466 g/mol. The minimum Gasteiger partial charge on any atom is -0.483 e. The Morgan fingerprint density at radius 3 is 2.60 bits per heavy atom. The zero-order valence-electron chi connectivity index (χ0n) is 14.0. The van der Waals surface area contributed by atoms with Crippen molar-refractivity contribution in [3.8, 4) is 5.75 Å². The van der Waals surface area contributed by atoms with Gasteiger partial charge in [-0.2, -0.15) is 5.10 Å². The summed E-state index contributed by atoms with van der Waals surface area (Å²) in [5, 5.41) is 4.30. The molecule has 132 valence electrons. The summed E-state index contributed by atoms with van der Waals surface area (Å²) in [6.07, 6.45) is 2.91. The number of halogens is 2. The van der Waals surface area contributed by atoms with Crippen molar-refractivity contribution in [3.05, 3.63) is 63.0 Å². The van der Waals surface area contributed by atoms with Gasteiger partial charge in [0.05, 0.1) is 10.2 Å². The minimum atomic E-state index is -0.292. The molecule has 0 fully saturated rings. The molecule has 0 aromatic heterocycles. The van der Waals surface area contributed by atoms with E-state index in [0.29, 0.717) is 5.75 Å². The second-order valence-electron chi connectivity index (χ2n) is 5.43. The average Bonchev–Trinajstić information content (AvgIpc) is 2.62. The second kappa shape index (κ2) is 10.4. The topological polar surface area (TPSA) is 50.7 Å². The zero-order valence-corrected chi connectivity index (χ0v) is 17.1. The first-order valence-corrected chi connectivity index (χ1v) is 9.67. The molecule has 1 N–H and O–H groups in total. The quantitative estimate of drug-likeness (QED) is 0.423. The summed E-state index contributed by atoms with van der Waals surface area (Å²) in [7, 11) is 0. The predicted octanol–water partition coefficient (Wildman–Crippen LogP) is 5.30. The van der Waals surface area contributed by atoms with Crippen molar-refractivity contribution in [2.75, 3.05) is 6.61 Å². The largest absolute Gasteiger partial charge is 0.483 e. The Bertz CT molecular complexity index is 733. The van der Waals surface area contributed by atoms with Gasteiger partial charge in [-0.3, -0.25) is 4.79 Å². The number of carbonyl (C=O) groups excluding carboxylic acids is 1. The molecule has 0 spiro atoms. The lowest BCUT2D eigenvalue weighted by Crippen LogP contribution is -2.26. The number of benzene rings is 2. The van der Waals surface area contributed by atoms with E-state index in [1.54, 1.807) is 6.07 Å². The van der Waals surface area contributed by atoms with Crippen LogP contribution in [0.5, 0.6) is 5.75 Å². The van der Waals surface area contributed by atoms with E-state index in [2.05, 4.69) is 49.3 Å². The highest BCUT2D eigenvalue weighted by atomic mass is 79.9. The number of ether oxygens (including phenoxy) is 1. The van der Waals surface area contributed by atoms with Crippen LogP contribution >= 0.6 is 31.9 Å². The van der Waals surface area contributed by atoms with Crippen LogP contribution < -0.4 is 10.2 Å². The molecule has 4 nitrogen and oxygen atoms in total. The van der Waals surface area contributed by atoms with Crippen LogP contribution in [0, 0.1) is 0 Å². The lowest BCUT2D eigenvalue weighted by Gasteiger charge is -2.09. The standard InChI is InChI=1S/C19H20Br2N2O2/c1-2-3-9-17(14-7-5-4-6-8-14)22-23-19(24)13-25-18-11-10-15(20)12-16(18)21/h4-8,10-12H,2-3,9,13H2,1H3,(H,23,24)/b22-17-. The Hall–Kier alpha value is -1.66. The smallest absolute Gasteiger partial charge is 0.277 e. The number of hydrogen-bond acceptors (Lipinski definition) is 3. The summed E-state index contributed by atoms with van der Waals surface area (Å²) in [6, 6.07) is 15.4. The zero-order chi connectivity index (χ0) is 18.1. The summed E-state index contributed by atoms with van der Waals surface area (Å²) in [4.78, 5) is 12.0. The van der Waals surface area contributed by atoms with E-state index in [-0.39, 0.29) is 12.5 Å². The molecular formula is C19H20Br2N2O2. The van der Waals surface area contributed by atoms with Gasteiger partial charge in [0.25, 0.3) is 5.91 Å². The number of rotatable bonds is 8. The Morgan fingerprint density at radius 2 is 1.92 bits per heavy atom. The third kappa shape index (κ3) is 6.63. The molecule has 0 aliphatic carbocycles. The summed E-state index contributed by atoms with van der Waals surface area (Å²) in [5.74, 6) is 0.316. The molecule has 2 rings (SSSR count). The van der Waals surface area contributed by atoms with Crippen LogP contribution in [-0.4, -0.2) is 18.2 Å². The molecule has 25 heavy (non-hydrogen) atoms. The predicted molar refractivity (Wildman–Crippen MR) is 108 cm³/mol. The van der Waals surface area contributed by atoms with E-state index in [0.717, 1.165) is 39.5 Å². The molecular weight excluding hydrogens is 448 g/mol. The molecule has 0 radical (unpaired) electrons. The number of unbranched alkanes of at least 4 members (excludes halogenated alkanes) is 1. The van der Waals surface area contributed by atoms with Gasteiger partial charge in [0.2, 0.25) is 0 Å². The first kappa shape index (κ1) is 19.7. The van der Waals surface area contributed by atoms with E-state index >= 15 is 0 Å². The van der Waals surface area contributed by atoms with Gasteiger partial charge in [-0.05, 0) is 52.5 Å². The van der Waals surface area contributed by atoms with Gasteiger partial charge in [-0.15, -0.1) is 0 Å². The van der Waals surface area contributed by atoms with E-state index in [9.17, 15) is 4.79 Å². The van der Waals surface area contributed by atoms with Crippen molar-refractivity contribution >= 4 is 43.5 Å². The number of hydrazone groups is 1.